The fraction of sp³-hybridized carbons (Fsp3) is 0.857. The van der Waals surface area contributed by atoms with Crippen LogP contribution in [0.1, 0.15) is 44.5 Å². The lowest BCUT2D eigenvalue weighted by atomic mass is 9.76. The zero-order valence-corrected chi connectivity index (χ0v) is 13.5. The lowest BCUT2D eigenvalue weighted by Crippen LogP contribution is -2.28. The van der Waals surface area contributed by atoms with Crippen LogP contribution in [0, 0.1) is 5.41 Å². The first-order valence-corrected chi connectivity index (χ1v) is 8.09. The van der Waals surface area contributed by atoms with Crippen molar-refractivity contribution in [3.63, 3.8) is 0 Å². The van der Waals surface area contributed by atoms with Crippen LogP contribution < -0.4 is 10.1 Å². The number of nitrogens with one attached hydrogen (secondary N) is 1. The first kappa shape index (κ1) is 15.7. The molecule has 0 aromatic carbocycles. The summed E-state index contributed by atoms with van der Waals surface area (Å²) in [5, 5.41) is 13.2. The molecule has 6 heteroatoms. The monoisotopic (exact) mass is 299 g/mol. The van der Waals surface area contributed by atoms with Crippen LogP contribution in [0.4, 0.5) is 0 Å². The van der Waals surface area contributed by atoms with E-state index in [1.165, 1.54) is 24.2 Å². The third-order valence-electron chi connectivity index (χ3n) is 3.76. The smallest absolute Gasteiger partial charge is 0.294 e. The minimum absolute atomic E-state index is 0.310. The van der Waals surface area contributed by atoms with Crippen molar-refractivity contribution in [1.29, 1.82) is 0 Å². The summed E-state index contributed by atoms with van der Waals surface area (Å²) in [6.07, 6.45) is 5.00. The number of rotatable bonds is 7. The summed E-state index contributed by atoms with van der Waals surface area (Å²) in [6, 6.07) is 0. The first-order chi connectivity index (χ1) is 9.59. The summed E-state index contributed by atoms with van der Waals surface area (Å²) in [4.78, 5) is 0. The van der Waals surface area contributed by atoms with E-state index in [0.29, 0.717) is 23.3 Å². The summed E-state index contributed by atoms with van der Waals surface area (Å²) in [6.45, 7) is 6.92. The number of hydrogen-bond acceptors (Lipinski definition) is 6. The van der Waals surface area contributed by atoms with E-state index >= 15 is 0 Å². The van der Waals surface area contributed by atoms with Gasteiger partial charge < -0.3 is 14.8 Å². The van der Waals surface area contributed by atoms with E-state index in [4.69, 9.17) is 9.47 Å². The van der Waals surface area contributed by atoms with Crippen LogP contribution in [0.25, 0.3) is 0 Å². The molecule has 114 valence electrons. The zero-order chi connectivity index (χ0) is 14.4. The summed E-state index contributed by atoms with van der Waals surface area (Å²) in [5.41, 5.74) is 0.470. The molecule has 0 atom stereocenters. The van der Waals surface area contributed by atoms with Gasteiger partial charge in [0.05, 0.1) is 6.61 Å². The van der Waals surface area contributed by atoms with Crippen molar-refractivity contribution < 1.29 is 9.47 Å². The highest BCUT2D eigenvalue weighted by atomic mass is 32.1. The number of hydrogen-bond donors (Lipinski definition) is 1. The Balaban J connectivity index is 1.73. The van der Waals surface area contributed by atoms with E-state index in [1.54, 1.807) is 7.11 Å². The van der Waals surface area contributed by atoms with Crippen LogP contribution in [-0.4, -0.2) is 36.6 Å². The fourth-order valence-electron chi connectivity index (χ4n) is 2.36. The Morgan fingerprint density at radius 2 is 2.05 bits per heavy atom. The van der Waals surface area contributed by atoms with Gasteiger partial charge in [-0.25, -0.2) is 0 Å². The molecule has 20 heavy (non-hydrogen) atoms. The summed E-state index contributed by atoms with van der Waals surface area (Å²) in [7, 11) is 1.70. The van der Waals surface area contributed by atoms with Gasteiger partial charge in [-0.15, -0.1) is 5.10 Å². The molecule has 1 N–H and O–H groups in total. The van der Waals surface area contributed by atoms with Gasteiger partial charge in [0, 0.05) is 20.2 Å². The second-order valence-electron chi connectivity index (χ2n) is 6.11. The average molecular weight is 299 g/mol. The van der Waals surface area contributed by atoms with Crippen molar-refractivity contribution in [2.45, 2.75) is 52.2 Å². The van der Waals surface area contributed by atoms with Crippen molar-refractivity contribution in [3.05, 3.63) is 5.01 Å². The summed E-state index contributed by atoms with van der Waals surface area (Å²) < 4.78 is 10.9. The van der Waals surface area contributed by atoms with Gasteiger partial charge in [0.25, 0.3) is 5.19 Å². The molecule has 0 radical (unpaired) electrons. The van der Waals surface area contributed by atoms with E-state index in [-0.39, 0.29) is 0 Å². The molecule has 2 rings (SSSR count). The third-order valence-corrected chi connectivity index (χ3v) is 4.58. The maximum absolute atomic E-state index is 5.95. The molecule has 1 aliphatic carbocycles. The molecule has 0 amide bonds. The van der Waals surface area contributed by atoms with Gasteiger partial charge >= 0.3 is 0 Å². The predicted molar refractivity (Wildman–Crippen MR) is 80.2 cm³/mol. The van der Waals surface area contributed by atoms with Crippen LogP contribution >= 0.6 is 11.3 Å². The quantitative estimate of drug-likeness (QED) is 0.784. The Kier molecular flexibility index (Phi) is 5.74. The second-order valence-corrected chi connectivity index (χ2v) is 7.14. The molecule has 0 saturated heterocycles. The molecule has 5 nitrogen and oxygen atoms in total. The molecule has 1 heterocycles. The minimum Gasteiger partial charge on any atom is -0.466 e. The molecular weight excluding hydrogens is 274 g/mol. The van der Waals surface area contributed by atoms with Gasteiger partial charge in [0.2, 0.25) is 0 Å². The Bertz CT molecular complexity index is 399. The average Bonchev–Trinajstić information content (AvgIpc) is 2.85. The van der Waals surface area contributed by atoms with Gasteiger partial charge in [-0.3, -0.25) is 0 Å². The summed E-state index contributed by atoms with van der Waals surface area (Å²) >= 11 is 1.54. The number of aromatic nitrogens is 2. The van der Waals surface area contributed by atoms with Crippen molar-refractivity contribution in [2.75, 3.05) is 20.3 Å². The van der Waals surface area contributed by atoms with Gasteiger partial charge in [-0.05, 0) is 31.1 Å². The molecule has 0 bridgehead atoms. The maximum Gasteiger partial charge on any atom is 0.294 e. The van der Waals surface area contributed by atoms with Crippen LogP contribution in [-0.2, 0) is 11.3 Å². The Morgan fingerprint density at radius 3 is 2.75 bits per heavy atom. The molecule has 1 aliphatic rings. The van der Waals surface area contributed by atoms with Crippen molar-refractivity contribution in [2.24, 2.45) is 5.41 Å². The van der Waals surface area contributed by atoms with E-state index < -0.39 is 0 Å². The van der Waals surface area contributed by atoms with E-state index in [9.17, 15) is 0 Å². The largest absolute Gasteiger partial charge is 0.466 e. The topological polar surface area (TPSA) is 56.3 Å². The summed E-state index contributed by atoms with van der Waals surface area (Å²) in [5.74, 6) is 0. The fourth-order valence-corrected chi connectivity index (χ4v) is 3.08. The molecule has 1 saturated carbocycles. The Morgan fingerprint density at radius 1 is 1.30 bits per heavy atom. The Hall–Kier alpha value is -0.720. The van der Waals surface area contributed by atoms with Crippen LogP contribution in [0.15, 0.2) is 0 Å². The lowest BCUT2D eigenvalue weighted by molar-refractivity contribution is 0.0978. The van der Waals surface area contributed by atoms with Crippen molar-refractivity contribution >= 4 is 11.3 Å². The molecule has 1 fully saturated rings. The highest BCUT2D eigenvalue weighted by Crippen LogP contribution is 2.36. The van der Waals surface area contributed by atoms with Gasteiger partial charge in [-0.1, -0.05) is 30.3 Å². The highest BCUT2D eigenvalue weighted by Gasteiger charge is 2.28. The molecule has 1 aromatic rings. The second kappa shape index (κ2) is 7.33. The highest BCUT2D eigenvalue weighted by molar-refractivity contribution is 7.13. The molecule has 0 unspecified atom stereocenters. The standard InChI is InChI=1S/C14H25N3O2S/c1-14(2)6-4-11(5-7-14)19-13-17-16-12(20-13)10-15-8-9-18-3/h11,15H,4-10H2,1-3H3. The van der Waals surface area contributed by atoms with Crippen molar-refractivity contribution in [1.82, 2.24) is 15.5 Å². The van der Waals surface area contributed by atoms with E-state index in [1.807, 2.05) is 0 Å². The van der Waals surface area contributed by atoms with Gasteiger partial charge in [0.15, 0.2) is 0 Å². The van der Waals surface area contributed by atoms with Crippen LogP contribution in [0.2, 0.25) is 0 Å². The van der Waals surface area contributed by atoms with Crippen LogP contribution in [0.5, 0.6) is 5.19 Å². The number of nitrogens with zero attached hydrogens (tertiary/aromatic N) is 2. The molecule has 0 spiro atoms. The number of ether oxygens (including phenoxy) is 2. The van der Waals surface area contributed by atoms with E-state index in [2.05, 4.69) is 29.4 Å². The Labute approximate surface area is 125 Å². The maximum atomic E-state index is 5.95. The molecular formula is C14H25N3O2S. The molecule has 0 aliphatic heterocycles. The minimum atomic E-state index is 0.310. The normalized spacial score (nSPS) is 19.1. The van der Waals surface area contributed by atoms with Crippen molar-refractivity contribution in [3.8, 4) is 5.19 Å². The molecule has 1 aromatic heterocycles. The third kappa shape index (κ3) is 5.00. The van der Waals surface area contributed by atoms with Crippen LogP contribution in [0.3, 0.4) is 0 Å². The van der Waals surface area contributed by atoms with E-state index in [0.717, 1.165) is 30.9 Å². The lowest BCUT2D eigenvalue weighted by Gasteiger charge is -2.33. The zero-order valence-electron chi connectivity index (χ0n) is 12.6. The van der Waals surface area contributed by atoms with Gasteiger partial charge in [0.1, 0.15) is 11.1 Å². The SMILES string of the molecule is COCCNCc1nnc(OC2CCC(C)(C)CC2)s1. The predicted octanol–water partition coefficient (Wildman–Crippen LogP) is 2.62. The first-order valence-electron chi connectivity index (χ1n) is 7.28. The number of methoxy groups -OCH3 is 1. The van der Waals surface area contributed by atoms with Gasteiger partial charge in [-0.2, -0.15) is 0 Å².